The minimum absolute atomic E-state index is 0.290. The van der Waals surface area contributed by atoms with E-state index in [1.54, 1.807) is 0 Å². The first-order valence-electron chi connectivity index (χ1n) is 10.7. The molecule has 2 aliphatic heterocycles. The van der Waals surface area contributed by atoms with Crippen molar-refractivity contribution in [3.8, 4) is 18.2 Å². The Hall–Kier alpha value is -2.88. The third kappa shape index (κ3) is 2.46. The molecule has 4 rings (SSSR count). The molecule has 0 aromatic heterocycles. The van der Waals surface area contributed by atoms with Crippen LogP contribution in [-0.2, 0) is 9.47 Å². The monoisotopic (exact) mass is 402 g/mol. The lowest BCUT2D eigenvalue weighted by atomic mass is 9.52. The molecule has 1 aliphatic carbocycles. The Bertz CT molecular complexity index is 966. The zero-order valence-electron chi connectivity index (χ0n) is 17.4. The van der Waals surface area contributed by atoms with E-state index in [0.29, 0.717) is 24.3 Å². The van der Waals surface area contributed by atoms with Gasteiger partial charge in [-0.05, 0) is 29.9 Å². The Balaban J connectivity index is 1.93. The first-order valence-corrected chi connectivity index (χ1v) is 10.7. The van der Waals surface area contributed by atoms with E-state index in [1.807, 2.05) is 24.3 Å². The van der Waals surface area contributed by atoms with Gasteiger partial charge in [0.15, 0.2) is 5.41 Å². The van der Waals surface area contributed by atoms with Gasteiger partial charge in [-0.1, -0.05) is 57.4 Å². The summed E-state index contributed by atoms with van der Waals surface area (Å²) in [6.07, 6.45) is 3.95. The van der Waals surface area contributed by atoms with E-state index >= 15 is 0 Å². The number of nitriles is 3. The van der Waals surface area contributed by atoms with Crippen LogP contribution in [0.4, 0.5) is 0 Å². The number of nitrogens with one attached hydrogen (secondary N) is 1. The third-order valence-corrected chi connectivity index (χ3v) is 7.22. The Morgan fingerprint density at radius 1 is 1.00 bits per heavy atom. The quantitative estimate of drug-likeness (QED) is 0.739. The lowest BCUT2D eigenvalue weighted by Crippen LogP contribution is -2.59. The Labute approximate surface area is 177 Å². The highest BCUT2D eigenvalue weighted by atomic mass is 16.7. The van der Waals surface area contributed by atoms with E-state index in [-0.39, 0.29) is 5.90 Å². The molecule has 30 heavy (non-hydrogen) atoms. The van der Waals surface area contributed by atoms with Crippen molar-refractivity contribution in [1.29, 1.82) is 21.2 Å². The zero-order valence-corrected chi connectivity index (χ0v) is 17.4. The predicted octanol–water partition coefficient (Wildman–Crippen LogP) is 5.10. The number of hydrogen-bond acceptors (Lipinski definition) is 6. The van der Waals surface area contributed by atoms with Gasteiger partial charge in [-0.3, -0.25) is 5.41 Å². The molecule has 6 nitrogen and oxygen atoms in total. The van der Waals surface area contributed by atoms with Crippen molar-refractivity contribution in [2.24, 2.45) is 16.7 Å². The molecule has 0 spiro atoms. The summed E-state index contributed by atoms with van der Waals surface area (Å²) in [5.74, 6) is -1.59. The van der Waals surface area contributed by atoms with Crippen LogP contribution in [0.25, 0.3) is 0 Å². The minimum Gasteiger partial charge on any atom is -0.447 e. The van der Waals surface area contributed by atoms with E-state index in [1.165, 1.54) is 0 Å². The molecule has 4 atom stereocenters. The summed E-state index contributed by atoms with van der Waals surface area (Å²) in [6, 6.07) is 14.2. The second-order valence-electron chi connectivity index (χ2n) is 9.02. The van der Waals surface area contributed by atoms with Crippen LogP contribution in [-0.4, -0.2) is 11.7 Å². The summed E-state index contributed by atoms with van der Waals surface area (Å²) in [5.41, 5.74) is -1.70. The number of rotatable bonds is 2. The van der Waals surface area contributed by atoms with Crippen LogP contribution in [0.3, 0.4) is 0 Å². The van der Waals surface area contributed by atoms with Crippen molar-refractivity contribution >= 4 is 5.90 Å². The lowest BCUT2D eigenvalue weighted by molar-refractivity contribution is -0.289. The van der Waals surface area contributed by atoms with Crippen LogP contribution in [0.15, 0.2) is 24.3 Å². The van der Waals surface area contributed by atoms with Crippen LogP contribution in [0.5, 0.6) is 0 Å². The average molecular weight is 402 g/mol. The van der Waals surface area contributed by atoms with Gasteiger partial charge in [-0.2, -0.15) is 15.8 Å². The standard InChI is InChI=1S/C24H26N4O2/c1-16(2)17-8-10-18(11-9-17)20-22(13-25,14-26)23(15-27)19-7-5-3-4-6-12-24(19,29-20)30-21(23)28/h8-11,16,19-20,28H,3-7,12H2,1-2H3. The summed E-state index contributed by atoms with van der Waals surface area (Å²) in [7, 11) is 0. The zero-order chi connectivity index (χ0) is 21.6. The molecule has 6 heteroatoms. The van der Waals surface area contributed by atoms with Crippen LogP contribution >= 0.6 is 0 Å². The van der Waals surface area contributed by atoms with E-state index in [4.69, 9.17) is 14.9 Å². The Morgan fingerprint density at radius 2 is 1.67 bits per heavy atom. The third-order valence-electron chi connectivity index (χ3n) is 7.22. The highest BCUT2D eigenvalue weighted by molar-refractivity contribution is 5.89. The van der Waals surface area contributed by atoms with Gasteiger partial charge >= 0.3 is 0 Å². The second-order valence-corrected chi connectivity index (χ2v) is 9.02. The molecule has 1 saturated carbocycles. The number of ether oxygens (including phenoxy) is 2. The largest absolute Gasteiger partial charge is 0.447 e. The highest BCUT2D eigenvalue weighted by Crippen LogP contribution is 2.68. The lowest BCUT2D eigenvalue weighted by Gasteiger charge is -2.50. The molecule has 2 heterocycles. The SMILES string of the molecule is CC(C)c1ccc(C2OC34CCCCCCC3C(C#N)(C(=N)O4)C2(C#N)C#N)cc1. The smallest absolute Gasteiger partial charge is 0.217 e. The molecule has 1 N–H and O–H groups in total. The van der Waals surface area contributed by atoms with Gasteiger partial charge in [0.25, 0.3) is 0 Å². The Morgan fingerprint density at radius 3 is 2.27 bits per heavy atom. The molecule has 3 fully saturated rings. The van der Waals surface area contributed by atoms with Crippen molar-refractivity contribution in [3.05, 3.63) is 35.4 Å². The fourth-order valence-electron chi connectivity index (χ4n) is 5.57. The molecular formula is C24H26N4O2. The topological polar surface area (TPSA) is 114 Å². The van der Waals surface area contributed by atoms with E-state index in [0.717, 1.165) is 31.2 Å². The molecule has 0 amide bonds. The molecule has 0 radical (unpaired) electrons. The summed E-state index contributed by atoms with van der Waals surface area (Å²) in [5, 5.41) is 39.6. The summed E-state index contributed by atoms with van der Waals surface area (Å²) in [4.78, 5) is 0. The average Bonchev–Trinajstić information content (AvgIpc) is 2.91. The number of nitrogens with zero attached hydrogens (tertiary/aromatic N) is 3. The van der Waals surface area contributed by atoms with Crippen molar-refractivity contribution in [3.63, 3.8) is 0 Å². The fraction of sp³-hybridized carbons (Fsp3) is 0.583. The van der Waals surface area contributed by atoms with Gasteiger partial charge < -0.3 is 9.47 Å². The maximum Gasteiger partial charge on any atom is 0.217 e. The van der Waals surface area contributed by atoms with Crippen LogP contribution < -0.4 is 0 Å². The van der Waals surface area contributed by atoms with Gasteiger partial charge in [0.1, 0.15) is 6.10 Å². The first-order chi connectivity index (χ1) is 14.4. The Kier molecular flexibility index (Phi) is 4.84. The first kappa shape index (κ1) is 20.4. The van der Waals surface area contributed by atoms with Crippen molar-refractivity contribution in [1.82, 2.24) is 0 Å². The van der Waals surface area contributed by atoms with Gasteiger partial charge in [-0.15, -0.1) is 0 Å². The van der Waals surface area contributed by atoms with Gasteiger partial charge in [0.05, 0.1) is 24.1 Å². The molecule has 2 saturated heterocycles. The molecule has 154 valence electrons. The normalized spacial score (nSPS) is 34.5. The molecule has 4 unspecified atom stereocenters. The summed E-state index contributed by atoms with van der Waals surface area (Å²) < 4.78 is 12.5. The van der Waals surface area contributed by atoms with Crippen molar-refractivity contribution in [2.75, 3.05) is 0 Å². The van der Waals surface area contributed by atoms with Gasteiger partial charge in [0, 0.05) is 6.42 Å². The molecule has 2 bridgehead atoms. The highest BCUT2D eigenvalue weighted by Gasteiger charge is 2.79. The maximum atomic E-state index is 10.4. The molecular weight excluding hydrogens is 376 g/mol. The van der Waals surface area contributed by atoms with E-state index < -0.39 is 28.6 Å². The van der Waals surface area contributed by atoms with Crippen LogP contribution in [0.2, 0.25) is 0 Å². The van der Waals surface area contributed by atoms with Crippen LogP contribution in [0.1, 0.15) is 75.5 Å². The molecule has 3 aliphatic rings. The maximum absolute atomic E-state index is 10.4. The molecule has 1 aromatic rings. The number of hydrogen-bond donors (Lipinski definition) is 1. The van der Waals surface area contributed by atoms with Gasteiger partial charge in [-0.25, -0.2) is 0 Å². The fourth-order valence-corrected chi connectivity index (χ4v) is 5.57. The second kappa shape index (κ2) is 7.12. The van der Waals surface area contributed by atoms with Crippen molar-refractivity contribution in [2.45, 2.75) is 70.2 Å². The predicted molar refractivity (Wildman–Crippen MR) is 109 cm³/mol. The molecule has 1 aromatic carbocycles. The van der Waals surface area contributed by atoms with Crippen molar-refractivity contribution < 1.29 is 9.47 Å². The van der Waals surface area contributed by atoms with Gasteiger partial charge in [0.2, 0.25) is 17.1 Å². The summed E-state index contributed by atoms with van der Waals surface area (Å²) >= 11 is 0. The number of benzene rings is 1. The minimum atomic E-state index is -1.86. The van der Waals surface area contributed by atoms with E-state index in [9.17, 15) is 15.8 Å². The van der Waals surface area contributed by atoms with E-state index in [2.05, 4.69) is 32.1 Å². The van der Waals surface area contributed by atoms with Crippen LogP contribution in [0, 0.1) is 56.2 Å². The summed E-state index contributed by atoms with van der Waals surface area (Å²) in [6.45, 7) is 4.19.